The Balaban J connectivity index is 2.32. The van der Waals surface area contributed by atoms with Gasteiger partial charge >= 0.3 is 0 Å². The van der Waals surface area contributed by atoms with Gasteiger partial charge in [0.05, 0.1) is 19.2 Å². The van der Waals surface area contributed by atoms with E-state index in [2.05, 4.69) is 5.32 Å². The lowest BCUT2D eigenvalue weighted by Gasteiger charge is -2.10. The van der Waals surface area contributed by atoms with Crippen LogP contribution in [0.5, 0.6) is 11.5 Å². The number of hydrogen-bond acceptors (Lipinski definition) is 4. The Kier molecular flexibility index (Phi) is 6.04. The lowest BCUT2D eigenvalue weighted by atomic mass is 10.1. The highest BCUT2D eigenvalue weighted by Gasteiger charge is 2.13. The molecule has 0 saturated heterocycles. The first-order valence-electron chi connectivity index (χ1n) is 7.39. The Labute approximate surface area is 151 Å². The van der Waals surface area contributed by atoms with Crippen molar-refractivity contribution in [2.75, 3.05) is 19.5 Å². The van der Waals surface area contributed by atoms with E-state index in [1.54, 1.807) is 24.3 Å². The lowest BCUT2D eigenvalue weighted by molar-refractivity contribution is -0.112. The average Bonchev–Trinajstić information content (AvgIpc) is 2.62. The zero-order valence-corrected chi connectivity index (χ0v) is 14.8. The fourth-order valence-corrected chi connectivity index (χ4v) is 2.33. The van der Waals surface area contributed by atoms with Crippen LogP contribution in [0.4, 0.5) is 5.69 Å². The molecule has 0 radical (unpaired) electrons. The predicted molar refractivity (Wildman–Crippen MR) is 98.0 cm³/mol. The molecule has 5 nitrogen and oxygen atoms in total. The van der Waals surface area contributed by atoms with E-state index in [9.17, 15) is 10.1 Å². The number of halogens is 1. The minimum absolute atomic E-state index is 0.0744. The maximum atomic E-state index is 12.3. The molecule has 1 N–H and O–H groups in total. The number of benzene rings is 2. The number of amides is 1. The predicted octanol–water partition coefficient (Wildman–Crippen LogP) is 4.21. The molecule has 25 heavy (non-hydrogen) atoms. The zero-order chi connectivity index (χ0) is 18.4. The number of hydrogen-bond donors (Lipinski definition) is 1. The molecule has 0 aromatic heterocycles. The number of carbonyl (C=O) groups excluding carboxylic acids is 1. The average molecular weight is 357 g/mol. The van der Waals surface area contributed by atoms with Crippen molar-refractivity contribution in [1.29, 1.82) is 5.26 Å². The Hall–Kier alpha value is -2.97. The van der Waals surface area contributed by atoms with Gasteiger partial charge in [-0.3, -0.25) is 4.79 Å². The molecule has 0 saturated carbocycles. The smallest absolute Gasteiger partial charge is 0.266 e. The fraction of sp³-hybridized carbons (Fsp3) is 0.158. The Morgan fingerprint density at radius 3 is 2.32 bits per heavy atom. The number of methoxy groups -OCH3 is 2. The monoisotopic (exact) mass is 356 g/mol. The molecule has 128 valence electrons. The molecular weight excluding hydrogens is 340 g/mol. The van der Waals surface area contributed by atoms with Crippen molar-refractivity contribution in [2.24, 2.45) is 0 Å². The van der Waals surface area contributed by atoms with Crippen molar-refractivity contribution >= 4 is 29.3 Å². The van der Waals surface area contributed by atoms with Gasteiger partial charge in [0, 0.05) is 11.8 Å². The quantitative estimate of drug-likeness (QED) is 0.643. The third kappa shape index (κ3) is 4.52. The standard InChI is InChI=1S/C19H17ClN2O3/c1-12-4-6-15(7-5-12)22-19(23)14(11-21)8-13-9-17(24-2)18(25-3)10-16(13)20/h4-10H,1-3H3,(H,22,23)/b14-8-. The van der Waals surface area contributed by atoms with Crippen molar-refractivity contribution < 1.29 is 14.3 Å². The summed E-state index contributed by atoms with van der Waals surface area (Å²) in [4.78, 5) is 12.3. The van der Waals surface area contributed by atoms with Gasteiger partial charge < -0.3 is 14.8 Å². The first kappa shape index (κ1) is 18.4. The second-order valence-corrected chi connectivity index (χ2v) is 5.63. The summed E-state index contributed by atoms with van der Waals surface area (Å²) >= 11 is 6.20. The Bertz CT molecular complexity index is 852. The van der Waals surface area contributed by atoms with E-state index in [0.717, 1.165) is 5.56 Å². The van der Waals surface area contributed by atoms with E-state index >= 15 is 0 Å². The van der Waals surface area contributed by atoms with Gasteiger partial charge in [-0.05, 0) is 36.8 Å². The molecule has 0 atom stereocenters. The molecule has 0 fully saturated rings. The number of rotatable bonds is 5. The van der Waals surface area contributed by atoms with Crippen LogP contribution in [0.25, 0.3) is 6.08 Å². The molecule has 0 aliphatic heterocycles. The van der Waals surface area contributed by atoms with Crippen LogP contribution >= 0.6 is 11.6 Å². The summed E-state index contributed by atoms with van der Waals surface area (Å²) in [6, 6.07) is 12.4. The molecular formula is C19H17ClN2O3. The van der Waals surface area contributed by atoms with Crippen LogP contribution in [0.3, 0.4) is 0 Å². The molecule has 6 heteroatoms. The summed E-state index contributed by atoms with van der Waals surface area (Å²) in [6.07, 6.45) is 1.41. The van der Waals surface area contributed by atoms with Gasteiger partial charge in [-0.15, -0.1) is 0 Å². The van der Waals surface area contributed by atoms with Crippen molar-refractivity contribution in [3.05, 3.63) is 58.1 Å². The van der Waals surface area contributed by atoms with Gasteiger partial charge in [-0.1, -0.05) is 29.3 Å². The Morgan fingerprint density at radius 1 is 1.16 bits per heavy atom. The summed E-state index contributed by atoms with van der Waals surface area (Å²) in [7, 11) is 2.99. The summed E-state index contributed by atoms with van der Waals surface area (Å²) in [5.74, 6) is 0.402. The SMILES string of the molecule is COc1cc(Cl)c(/C=C(/C#N)C(=O)Nc2ccc(C)cc2)cc1OC. The van der Waals surface area contributed by atoms with Crippen molar-refractivity contribution in [2.45, 2.75) is 6.92 Å². The van der Waals surface area contributed by atoms with Crippen LogP contribution in [0.1, 0.15) is 11.1 Å². The van der Waals surface area contributed by atoms with Gasteiger partial charge in [-0.2, -0.15) is 5.26 Å². The minimum atomic E-state index is -0.516. The van der Waals surface area contributed by atoms with Gasteiger partial charge in [0.1, 0.15) is 11.6 Å². The van der Waals surface area contributed by atoms with Crippen LogP contribution in [0.2, 0.25) is 5.02 Å². The van der Waals surface area contributed by atoms with Crippen molar-refractivity contribution in [3.63, 3.8) is 0 Å². The van der Waals surface area contributed by atoms with Crippen LogP contribution in [-0.4, -0.2) is 20.1 Å². The third-order valence-electron chi connectivity index (χ3n) is 3.48. The van der Waals surface area contributed by atoms with Gasteiger partial charge in [0.15, 0.2) is 11.5 Å². The van der Waals surface area contributed by atoms with Crippen LogP contribution in [-0.2, 0) is 4.79 Å². The summed E-state index contributed by atoms with van der Waals surface area (Å²) in [5.41, 5.74) is 2.09. The van der Waals surface area contributed by atoms with E-state index in [1.807, 2.05) is 25.1 Å². The van der Waals surface area contributed by atoms with E-state index in [-0.39, 0.29) is 5.57 Å². The zero-order valence-electron chi connectivity index (χ0n) is 14.1. The highest BCUT2D eigenvalue weighted by atomic mass is 35.5. The molecule has 0 aliphatic carbocycles. The molecule has 2 rings (SSSR count). The number of anilines is 1. The van der Waals surface area contributed by atoms with Gasteiger partial charge in [0.25, 0.3) is 5.91 Å². The maximum absolute atomic E-state index is 12.3. The number of aryl methyl sites for hydroxylation is 1. The molecule has 0 unspecified atom stereocenters. The second kappa shape index (κ2) is 8.22. The molecule has 0 bridgehead atoms. The van der Waals surface area contributed by atoms with Crippen LogP contribution in [0, 0.1) is 18.3 Å². The van der Waals surface area contributed by atoms with Crippen molar-refractivity contribution in [1.82, 2.24) is 0 Å². The van der Waals surface area contributed by atoms with Gasteiger partial charge in [0.2, 0.25) is 0 Å². The molecule has 0 spiro atoms. The van der Waals surface area contributed by atoms with Crippen LogP contribution in [0.15, 0.2) is 42.0 Å². The van der Waals surface area contributed by atoms with E-state index in [0.29, 0.717) is 27.8 Å². The van der Waals surface area contributed by atoms with Crippen LogP contribution < -0.4 is 14.8 Å². The maximum Gasteiger partial charge on any atom is 0.266 e. The lowest BCUT2D eigenvalue weighted by Crippen LogP contribution is -2.13. The highest BCUT2D eigenvalue weighted by Crippen LogP contribution is 2.34. The largest absolute Gasteiger partial charge is 0.493 e. The molecule has 1 amide bonds. The third-order valence-corrected chi connectivity index (χ3v) is 3.80. The molecule has 0 heterocycles. The normalized spacial score (nSPS) is 10.8. The minimum Gasteiger partial charge on any atom is -0.493 e. The molecule has 0 aliphatic rings. The first-order valence-corrected chi connectivity index (χ1v) is 7.77. The fourth-order valence-electron chi connectivity index (χ4n) is 2.12. The van der Waals surface area contributed by atoms with E-state index < -0.39 is 5.91 Å². The number of nitriles is 1. The summed E-state index contributed by atoms with van der Waals surface area (Å²) < 4.78 is 10.4. The topological polar surface area (TPSA) is 71.3 Å². The second-order valence-electron chi connectivity index (χ2n) is 5.22. The number of nitrogens with one attached hydrogen (secondary N) is 1. The number of ether oxygens (including phenoxy) is 2. The Morgan fingerprint density at radius 2 is 1.76 bits per heavy atom. The summed E-state index contributed by atoms with van der Waals surface area (Å²) in [5, 5.41) is 12.3. The summed E-state index contributed by atoms with van der Waals surface area (Å²) in [6.45, 7) is 1.95. The molecule has 2 aromatic rings. The first-order chi connectivity index (χ1) is 12.0. The van der Waals surface area contributed by atoms with Crippen molar-refractivity contribution in [3.8, 4) is 17.6 Å². The van der Waals surface area contributed by atoms with E-state index in [1.165, 1.54) is 20.3 Å². The van der Waals surface area contributed by atoms with Gasteiger partial charge in [-0.25, -0.2) is 0 Å². The highest BCUT2D eigenvalue weighted by molar-refractivity contribution is 6.32. The number of nitrogens with zero attached hydrogens (tertiary/aromatic N) is 1. The molecule has 2 aromatic carbocycles. The van der Waals surface area contributed by atoms with E-state index in [4.69, 9.17) is 21.1 Å². The number of carbonyl (C=O) groups is 1.